The Bertz CT molecular complexity index is 654. The van der Waals surface area contributed by atoms with Crippen molar-refractivity contribution in [2.24, 2.45) is 5.92 Å². The fourth-order valence-electron chi connectivity index (χ4n) is 2.94. The molecule has 1 aromatic heterocycles. The van der Waals surface area contributed by atoms with Crippen molar-refractivity contribution in [3.8, 4) is 11.3 Å². The maximum atomic E-state index is 12.1. The van der Waals surface area contributed by atoms with Crippen LogP contribution in [0.3, 0.4) is 0 Å². The highest BCUT2D eigenvalue weighted by Gasteiger charge is 2.17. The lowest BCUT2D eigenvalue weighted by Gasteiger charge is -2.07. The zero-order chi connectivity index (χ0) is 16.1. The van der Waals surface area contributed by atoms with Crippen molar-refractivity contribution in [2.45, 2.75) is 32.6 Å². The van der Waals surface area contributed by atoms with Gasteiger partial charge in [0.2, 0.25) is 5.91 Å². The fourth-order valence-corrected chi connectivity index (χ4v) is 3.88. The third-order valence-electron chi connectivity index (χ3n) is 4.25. The molecule has 1 amide bonds. The molecule has 2 heterocycles. The number of carbonyl (C=O) groups excluding carboxylic acids is 1. The largest absolute Gasteiger partial charge is 0.316 e. The van der Waals surface area contributed by atoms with Gasteiger partial charge in [0.15, 0.2) is 5.13 Å². The number of nitrogens with one attached hydrogen (secondary N) is 2. The van der Waals surface area contributed by atoms with Gasteiger partial charge in [-0.2, -0.15) is 0 Å². The van der Waals surface area contributed by atoms with Crippen LogP contribution in [0.4, 0.5) is 5.13 Å². The lowest BCUT2D eigenvalue weighted by molar-refractivity contribution is -0.116. The Morgan fingerprint density at radius 2 is 2.17 bits per heavy atom. The van der Waals surface area contributed by atoms with Crippen LogP contribution in [0.15, 0.2) is 30.3 Å². The van der Waals surface area contributed by atoms with E-state index in [4.69, 9.17) is 0 Å². The van der Waals surface area contributed by atoms with Crippen molar-refractivity contribution in [3.05, 3.63) is 35.2 Å². The Balaban J connectivity index is 0.00000208. The molecule has 1 saturated heterocycles. The summed E-state index contributed by atoms with van der Waals surface area (Å²) in [4.78, 5) is 18.0. The number of thiazole rings is 1. The maximum Gasteiger partial charge on any atom is 0.226 e. The predicted octanol–water partition coefficient (Wildman–Crippen LogP) is 4.12. The minimum Gasteiger partial charge on any atom is -0.316 e. The molecule has 1 atom stereocenters. The van der Waals surface area contributed by atoms with Crippen molar-refractivity contribution in [2.75, 3.05) is 18.4 Å². The highest BCUT2D eigenvalue weighted by Crippen LogP contribution is 2.31. The van der Waals surface area contributed by atoms with Crippen LogP contribution in [0.5, 0.6) is 0 Å². The van der Waals surface area contributed by atoms with Crippen LogP contribution in [-0.4, -0.2) is 24.0 Å². The second-order valence-corrected chi connectivity index (χ2v) is 7.04. The number of anilines is 1. The number of nitrogens with zero attached hydrogens (tertiary/aromatic N) is 1. The molecule has 0 bridgehead atoms. The average Bonchev–Trinajstić information content (AvgIpc) is 3.23. The molecule has 2 N–H and O–H groups in total. The van der Waals surface area contributed by atoms with E-state index in [1.54, 1.807) is 11.3 Å². The van der Waals surface area contributed by atoms with E-state index in [-0.39, 0.29) is 18.3 Å². The normalized spacial score (nSPS) is 16.6. The summed E-state index contributed by atoms with van der Waals surface area (Å²) >= 11 is 1.59. The molecule has 130 valence electrons. The van der Waals surface area contributed by atoms with Gasteiger partial charge in [-0.15, -0.1) is 23.7 Å². The van der Waals surface area contributed by atoms with E-state index < -0.39 is 0 Å². The monoisotopic (exact) mass is 365 g/mol. The van der Waals surface area contributed by atoms with E-state index >= 15 is 0 Å². The Labute approximate surface area is 153 Å². The molecule has 3 rings (SSSR count). The van der Waals surface area contributed by atoms with Crippen molar-refractivity contribution < 1.29 is 4.79 Å². The number of hydrogen-bond donors (Lipinski definition) is 2. The van der Waals surface area contributed by atoms with Gasteiger partial charge in [0.25, 0.3) is 0 Å². The first-order chi connectivity index (χ1) is 11.3. The second kappa shape index (κ2) is 9.16. The first-order valence-corrected chi connectivity index (χ1v) is 9.13. The van der Waals surface area contributed by atoms with Gasteiger partial charge in [-0.25, -0.2) is 4.98 Å². The van der Waals surface area contributed by atoms with E-state index in [2.05, 4.69) is 34.7 Å². The van der Waals surface area contributed by atoms with Gasteiger partial charge < -0.3 is 10.6 Å². The highest BCUT2D eigenvalue weighted by atomic mass is 35.5. The van der Waals surface area contributed by atoms with E-state index in [1.807, 2.05) is 18.2 Å². The molecule has 24 heavy (non-hydrogen) atoms. The van der Waals surface area contributed by atoms with Gasteiger partial charge in [0.05, 0.1) is 5.69 Å². The van der Waals surface area contributed by atoms with Gasteiger partial charge in [-0.05, 0) is 38.3 Å². The van der Waals surface area contributed by atoms with Crippen LogP contribution in [0, 0.1) is 5.92 Å². The molecule has 2 aromatic rings. The van der Waals surface area contributed by atoms with Crippen LogP contribution in [0.25, 0.3) is 11.3 Å². The predicted molar refractivity (Wildman–Crippen MR) is 103 cm³/mol. The quantitative estimate of drug-likeness (QED) is 0.809. The number of benzene rings is 1. The van der Waals surface area contributed by atoms with Crippen LogP contribution < -0.4 is 10.6 Å². The van der Waals surface area contributed by atoms with E-state index in [9.17, 15) is 4.79 Å². The molecular weight excluding hydrogens is 342 g/mol. The standard InChI is InChI=1S/C18H23N3OS.ClH/c1-2-15-17(14-6-4-3-5-7-14)21-18(23-15)20-16(22)9-8-13-10-11-19-12-13;/h3-7,13,19H,2,8-12H2,1H3,(H,20,21,22);1H. The van der Waals surface area contributed by atoms with Gasteiger partial charge in [-0.3, -0.25) is 4.79 Å². The number of amides is 1. The minimum absolute atomic E-state index is 0. The molecule has 0 radical (unpaired) electrons. The van der Waals surface area contributed by atoms with Crippen LogP contribution >= 0.6 is 23.7 Å². The molecule has 1 fully saturated rings. The molecule has 0 saturated carbocycles. The summed E-state index contributed by atoms with van der Waals surface area (Å²) in [5.74, 6) is 0.719. The number of halogens is 1. The molecule has 1 aromatic carbocycles. The van der Waals surface area contributed by atoms with Crippen LogP contribution in [-0.2, 0) is 11.2 Å². The van der Waals surface area contributed by atoms with E-state index in [1.165, 1.54) is 11.3 Å². The Morgan fingerprint density at radius 3 is 2.83 bits per heavy atom. The third-order valence-corrected chi connectivity index (χ3v) is 5.37. The van der Waals surface area contributed by atoms with Crippen molar-refractivity contribution in [3.63, 3.8) is 0 Å². The molecule has 0 aliphatic carbocycles. The number of hydrogen-bond acceptors (Lipinski definition) is 4. The number of rotatable bonds is 6. The lowest BCUT2D eigenvalue weighted by Crippen LogP contribution is -2.14. The van der Waals surface area contributed by atoms with Crippen LogP contribution in [0.1, 0.15) is 31.1 Å². The summed E-state index contributed by atoms with van der Waals surface area (Å²) in [6.07, 6.45) is 3.64. The van der Waals surface area contributed by atoms with Crippen molar-refractivity contribution >= 4 is 34.8 Å². The Hall–Kier alpha value is -1.43. The first kappa shape index (κ1) is 18.9. The molecule has 4 nitrogen and oxygen atoms in total. The average molecular weight is 366 g/mol. The molecule has 1 aliphatic rings. The summed E-state index contributed by atoms with van der Waals surface area (Å²) in [5, 5.41) is 7.04. The summed E-state index contributed by atoms with van der Waals surface area (Å²) in [6.45, 7) is 4.25. The molecular formula is C18H24ClN3OS. The molecule has 6 heteroatoms. The Morgan fingerprint density at radius 1 is 1.38 bits per heavy atom. The first-order valence-electron chi connectivity index (χ1n) is 8.32. The zero-order valence-corrected chi connectivity index (χ0v) is 15.5. The van der Waals surface area contributed by atoms with Crippen molar-refractivity contribution in [1.82, 2.24) is 10.3 Å². The summed E-state index contributed by atoms with van der Waals surface area (Å²) < 4.78 is 0. The van der Waals surface area contributed by atoms with E-state index in [0.29, 0.717) is 12.3 Å². The van der Waals surface area contributed by atoms with Crippen LogP contribution in [0.2, 0.25) is 0 Å². The smallest absolute Gasteiger partial charge is 0.226 e. The van der Waals surface area contributed by atoms with Crippen molar-refractivity contribution in [1.29, 1.82) is 0 Å². The summed E-state index contributed by atoms with van der Waals surface area (Å²) in [6, 6.07) is 10.2. The zero-order valence-electron chi connectivity index (χ0n) is 13.9. The van der Waals surface area contributed by atoms with Gasteiger partial charge in [0, 0.05) is 16.9 Å². The van der Waals surface area contributed by atoms with Gasteiger partial charge >= 0.3 is 0 Å². The number of aryl methyl sites for hydroxylation is 1. The summed E-state index contributed by atoms with van der Waals surface area (Å²) in [5.41, 5.74) is 2.10. The molecule has 0 spiro atoms. The SMILES string of the molecule is CCc1sc(NC(=O)CCC2CCNC2)nc1-c1ccccc1.Cl. The highest BCUT2D eigenvalue weighted by molar-refractivity contribution is 7.16. The van der Waals surface area contributed by atoms with Gasteiger partial charge in [-0.1, -0.05) is 37.3 Å². The van der Waals surface area contributed by atoms with Gasteiger partial charge in [0.1, 0.15) is 0 Å². The summed E-state index contributed by atoms with van der Waals surface area (Å²) in [7, 11) is 0. The Kier molecular flexibility index (Phi) is 7.21. The maximum absolute atomic E-state index is 12.1. The third kappa shape index (κ3) is 4.79. The molecule has 1 aliphatic heterocycles. The number of carbonyl (C=O) groups is 1. The molecule has 1 unspecified atom stereocenters. The second-order valence-electron chi connectivity index (χ2n) is 5.96. The number of aromatic nitrogens is 1. The topological polar surface area (TPSA) is 54.0 Å². The fraction of sp³-hybridized carbons (Fsp3) is 0.444. The minimum atomic E-state index is 0. The lowest BCUT2D eigenvalue weighted by atomic mass is 10.0. The van der Waals surface area contributed by atoms with E-state index in [0.717, 1.165) is 42.3 Å².